The zero-order valence-corrected chi connectivity index (χ0v) is 8.35. The Balaban J connectivity index is 3.24. The molecule has 0 atom stereocenters. The van der Waals surface area contributed by atoms with Crippen molar-refractivity contribution in [2.45, 2.75) is 12.6 Å². The predicted molar refractivity (Wildman–Crippen MR) is 46.3 cm³/mol. The van der Waals surface area contributed by atoms with E-state index in [9.17, 15) is 13.2 Å². The van der Waals surface area contributed by atoms with E-state index in [-0.39, 0.29) is 16.6 Å². The summed E-state index contributed by atoms with van der Waals surface area (Å²) in [6, 6.07) is 4.28. The highest BCUT2D eigenvalue weighted by atomic mass is 79.9. The van der Waals surface area contributed by atoms with Crippen LogP contribution in [0.3, 0.4) is 0 Å². The van der Waals surface area contributed by atoms with Crippen LogP contribution in [0.15, 0.2) is 16.7 Å². The van der Waals surface area contributed by atoms with Crippen molar-refractivity contribution in [3.05, 3.63) is 28.0 Å². The lowest BCUT2D eigenvalue weighted by molar-refractivity contribution is -0.141. The highest BCUT2D eigenvalue weighted by Gasteiger charge is 2.35. The van der Waals surface area contributed by atoms with Crippen LogP contribution in [0, 0.1) is 11.3 Å². The second-order valence-corrected chi connectivity index (χ2v) is 3.29. The lowest BCUT2D eigenvalue weighted by Gasteiger charge is -2.09. The van der Waals surface area contributed by atoms with E-state index in [1.165, 1.54) is 12.1 Å². The summed E-state index contributed by atoms with van der Waals surface area (Å²) in [5.74, 6) is 0. The normalized spacial score (nSPS) is 11.1. The minimum Gasteiger partial charge on any atom is -0.236 e. The van der Waals surface area contributed by atoms with E-state index < -0.39 is 11.9 Å². The standard InChI is InChI=1S/C8H4BrF3N2/c9-6-2-1-5(3-4-13)7(14-6)8(10,11)12/h1-2H,3H2. The molecule has 0 radical (unpaired) electrons. The van der Waals surface area contributed by atoms with E-state index in [2.05, 4.69) is 20.9 Å². The molecule has 74 valence electrons. The average molecular weight is 265 g/mol. The molecule has 0 aliphatic rings. The van der Waals surface area contributed by atoms with E-state index in [1.54, 1.807) is 6.07 Å². The summed E-state index contributed by atoms with van der Waals surface area (Å²) in [6.07, 6.45) is -4.81. The lowest BCUT2D eigenvalue weighted by Crippen LogP contribution is -2.11. The molecule has 0 saturated heterocycles. The SMILES string of the molecule is N#CCc1ccc(Br)nc1C(F)(F)F. The Morgan fingerprint density at radius 3 is 2.57 bits per heavy atom. The van der Waals surface area contributed by atoms with Crippen LogP contribution in [0.4, 0.5) is 13.2 Å². The maximum Gasteiger partial charge on any atom is 0.433 e. The van der Waals surface area contributed by atoms with Crippen LogP contribution >= 0.6 is 15.9 Å². The second kappa shape index (κ2) is 3.96. The first-order chi connectivity index (χ1) is 6.45. The van der Waals surface area contributed by atoms with Gasteiger partial charge < -0.3 is 0 Å². The highest BCUT2D eigenvalue weighted by Crippen LogP contribution is 2.31. The summed E-state index contributed by atoms with van der Waals surface area (Å²) in [5.41, 5.74) is -1.11. The van der Waals surface area contributed by atoms with Gasteiger partial charge in [-0.15, -0.1) is 0 Å². The fourth-order valence-electron chi connectivity index (χ4n) is 0.937. The molecule has 0 saturated carbocycles. The third kappa shape index (κ3) is 2.45. The molecule has 1 heterocycles. The number of rotatable bonds is 1. The van der Waals surface area contributed by atoms with Crippen LogP contribution in [0.1, 0.15) is 11.3 Å². The van der Waals surface area contributed by atoms with Crippen LogP contribution in [-0.2, 0) is 12.6 Å². The smallest absolute Gasteiger partial charge is 0.236 e. The van der Waals surface area contributed by atoms with Crippen LogP contribution in [0.5, 0.6) is 0 Å². The molecule has 0 aliphatic heterocycles. The molecule has 2 nitrogen and oxygen atoms in total. The molecule has 1 rings (SSSR count). The van der Waals surface area contributed by atoms with E-state index in [4.69, 9.17) is 5.26 Å². The first kappa shape index (κ1) is 11.0. The Morgan fingerprint density at radius 1 is 1.43 bits per heavy atom. The van der Waals surface area contributed by atoms with Gasteiger partial charge in [0.2, 0.25) is 0 Å². The fourth-order valence-corrected chi connectivity index (χ4v) is 1.25. The van der Waals surface area contributed by atoms with Crippen molar-refractivity contribution in [3.8, 4) is 6.07 Å². The molecule has 0 unspecified atom stereocenters. The van der Waals surface area contributed by atoms with Crippen LogP contribution < -0.4 is 0 Å². The summed E-state index contributed by atoms with van der Waals surface area (Å²) < 4.78 is 37.2. The number of nitriles is 1. The predicted octanol–water partition coefficient (Wildman–Crippen LogP) is 2.93. The number of halogens is 4. The summed E-state index contributed by atoms with van der Waals surface area (Å²) in [5, 5.41) is 8.32. The van der Waals surface area contributed by atoms with Crippen LogP contribution in [-0.4, -0.2) is 4.98 Å². The van der Waals surface area contributed by atoms with Gasteiger partial charge in [-0.1, -0.05) is 6.07 Å². The van der Waals surface area contributed by atoms with E-state index in [0.717, 1.165) is 0 Å². The van der Waals surface area contributed by atoms with Gasteiger partial charge in [-0.3, -0.25) is 0 Å². The molecule has 1 aromatic heterocycles. The molecule has 0 spiro atoms. The lowest BCUT2D eigenvalue weighted by atomic mass is 10.1. The number of alkyl halides is 3. The van der Waals surface area contributed by atoms with Crippen molar-refractivity contribution in [1.29, 1.82) is 5.26 Å². The topological polar surface area (TPSA) is 36.7 Å². The Morgan fingerprint density at radius 2 is 2.07 bits per heavy atom. The molecule has 0 aromatic carbocycles. The number of nitrogens with zero attached hydrogens (tertiary/aromatic N) is 2. The Kier molecular flexibility index (Phi) is 3.11. The number of pyridine rings is 1. The van der Waals surface area contributed by atoms with Crippen LogP contribution in [0.2, 0.25) is 0 Å². The van der Waals surface area contributed by atoms with Crippen molar-refractivity contribution in [3.63, 3.8) is 0 Å². The van der Waals surface area contributed by atoms with Crippen molar-refractivity contribution in [2.24, 2.45) is 0 Å². The zero-order chi connectivity index (χ0) is 10.8. The molecular formula is C8H4BrF3N2. The minimum absolute atomic E-state index is 0.103. The molecule has 14 heavy (non-hydrogen) atoms. The van der Waals surface area contributed by atoms with Gasteiger partial charge in [0.25, 0.3) is 0 Å². The molecular weight excluding hydrogens is 261 g/mol. The van der Waals surface area contributed by atoms with Gasteiger partial charge in [0.15, 0.2) is 0 Å². The van der Waals surface area contributed by atoms with Crippen molar-refractivity contribution in [1.82, 2.24) is 4.98 Å². The van der Waals surface area contributed by atoms with Gasteiger partial charge in [-0.05, 0) is 27.6 Å². The number of hydrogen-bond donors (Lipinski definition) is 0. The van der Waals surface area contributed by atoms with Gasteiger partial charge in [0, 0.05) is 0 Å². The Labute approximate surface area is 86.5 Å². The summed E-state index contributed by atoms with van der Waals surface area (Å²) in [6.45, 7) is 0. The number of aromatic nitrogens is 1. The maximum atomic E-state index is 12.4. The third-order valence-electron chi connectivity index (χ3n) is 1.48. The van der Waals surface area contributed by atoms with Crippen LogP contribution in [0.25, 0.3) is 0 Å². The molecule has 0 aliphatic carbocycles. The molecule has 0 bridgehead atoms. The molecule has 1 aromatic rings. The Bertz CT molecular complexity index is 381. The summed E-state index contributed by atoms with van der Waals surface area (Å²) in [4.78, 5) is 3.30. The first-order valence-corrected chi connectivity index (χ1v) is 4.34. The van der Waals surface area contributed by atoms with Gasteiger partial charge in [0.05, 0.1) is 12.5 Å². The fraction of sp³-hybridized carbons (Fsp3) is 0.250. The molecule has 0 N–H and O–H groups in total. The van der Waals surface area contributed by atoms with E-state index in [0.29, 0.717) is 0 Å². The largest absolute Gasteiger partial charge is 0.433 e. The monoisotopic (exact) mass is 264 g/mol. The minimum atomic E-state index is -4.52. The van der Waals surface area contributed by atoms with E-state index >= 15 is 0 Å². The quantitative estimate of drug-likeness (QED) is 0.732. The Hall–Kier alpha value is -1.09. The van der Waals surface area contributed by atoms with Gasteiger partial charge in [0.1, 0.15) is 10.3 Å². The van der Waals surface area contributed by atoms with Crippen molar-refractivity contribution < 1.29 is 13.2 Å². The first-order valence-electron chi connectivity index (χ1n) is 3.54. The van der Waals surface area contributed by atoms with Gasteiger partial charge in [-0.25, -0.2) is 4.98 Å². The second-order valence-electron chi connectivity index (χ2n) is 2.47. The third-order valence-corrected chi connectivity index (χ3v) is 1.92. The van der Waals surface area contributed by atoms with E-state index in [1.807, 2.05) is 0 Å². The summed E-state index contributed by atoms with van der Waals surface area (Å²) >= 11 is 2.85. The maximum absolute atomic E-state index is 12.4. The van der Waals surface area contributed by atoms with Crippen molar-refractivity contribution in [2.75, 3.05) is 0 Å². The van der Waals surface area contributed by atoms with Gasteiger partial charge >= 0.3 is 6.18 Å². The zero-order valence-electron chi connectivity index (χ0n) is 6.77. The average Bonchev–Trinajstić information content (AvgIpc) is 2.07. The molecule has 6 heteroatoms. The summed E-state index contributed by atoms with van der Waals surface area (Å²) in [7, 11) is 0. The molecule has 0 fully saturated rings. The van der Waals surface area contributed by atoms with Crippen molar-refractivity contribution >= 4 is 15.9 Å². The van der Waals surface area contributed by atoms with Gasteiger partial charge in [-0.2, -0.15) is 18.4 Å². The molecule has 0 amide bonds. The highest BCUT2D eigenvalue weighted by molar-refractivity contribution is 9.10. The number of hydrogen-bond acceptors (Lipinski definition) is 2.